The predicted molar refractivity (Wildman–Crippen MR) is 263 cm³/mol. The first-order chi connectivity index (χ1) is 30.8. The van der Waals surface area contributed by atoms with Gasteiger partial charge in [-0.05, 0) is 93.9 Å². The Morgan fingerprint density at radius 3 is 1.27 bits per heavy atom. The third-order valence-electron chi connectivity index (χ3n) is 13.0. The minimum absolute atomic E-state index is 0.0788. The molecular formula is C62H44. The Bertz CT molecular complexity index is 3220. The van der Waals surface area contributed by atoms with Crippen molar-refractivity contribution in [3.05, 3.63) is 294 Å². The SMILES string of the molecule is C1=C(c2ccc(-c3cccc4ccccc34)cc2)C(c2ccccc2)=C(c2ccccc2)C(c2ccccc2)(c2ccc(-c3cccc4ccccc34)cc2)C1c1ccccc1. The average Bonchev–Trinajstić information content (AvgIpc) is 3.36. The molecule has 0 aromatic heterocycles. The van der Waals surface area contributed by atoms with Crippen LogP contribution in [0.15, 0.2) is 261 Å². The molecule has 0 saturated carbocycles. The molecule has 1 aliphatic carbocycles. The van der Waals surface area contributed by atoms with E-state index in [-0.39, 0.29) is 5.92 Å². The van der Waals surface area contributed by atoms with Crippen molar-refractivity contribution >= 4 is 38.3 Å². The van der Waals surface area contributed by atoms with Crippen LogP contribution in [0, 0.1) is 0 Å². The van der Waals surface area contributed by atoms with Gasteiger partial charge in [-0.1, -0.05) is 261 Å². The monoisotopic (exact) mass is 788 g/mol. The molecule has 0 fully saturated rings. The summed E-state index contributed by atoms with van der Waals surface area (Å²) >= 11 is 0. The maximum atomic E-state index is 2.59. The van der Waals surface area contributed by atoms with E-state index in [1.807, 2.05) is 0 Å². The average molecular weight is 789 g/mol. The summed E-state index contributed by atoms with van der Waals surface area (Å²) in [6, 6.07) is 94.0. The molecule has 0 radical (unpaired) electrons. The minimum atomic E-state index is -0.640. The highest BCUT2D eigenvalue weighted by Gasteiger charge is 2.50. The summed E-state index contributed by atoms with van der Waals surface area (Å²) in [5, 5.41) is 5.02. The van der Waals surface area contributed by atoms with Crippen LogP contribution in [0.5, 0.6) is 0 Å². The fourth-order valence-electron chi connectivity index (χ4n) is 10.2. The van der Waals surface area contributed by atoms with Crippen molar-refractivity contribution in [1.29, 1.82) is 0 Å². The highest BCUT2D eigenvalue weighted by atomic mass is 14.5. The molecule has 2 unspecified atom stereocenters. The Kier molecular flexibility index (Phi) is 9.60. The van der Waals surface area contributed by atoms with E-state index in [9.17, 15) is 0 Å². The van der Waals surface area contributed by atoms with Crippen LogP contribution in [0.4, 0.5) is 0 Å². The zero-order chi connectivity index (χ0) is 41.3. The number of allylic oxidation sites excluding steroid dienone is 4. The van der Waals surface area contributed by atoms with Crippen LogP contribution in [0.25, 0.3) is 60.5 Å². The van der Waals surface area contributed by atoms with Crippen LogP contribution < -0.4 is 0 Å². The van der Waals surface area contributed by atoms with Gasteiger partial charge < -0.3 is 0 Å². The summed E-state index contributed by atoms with van der Waals surface area (Å²) in [5.41, 5.74) is 15.4. The lowest BCUT2D eigenvalue weighted by Crippen LogP contribution is -2.38. The highest BCUT2D eigenvalue weighted by molar-refractivity contribution is 6.19. The van der Waals surface area contributed by atoms with Gasteiger partial charge in [0.25, 0.3) is 0 Å². The summed E-state index contributed by atoms with van der Waals surface area (Å²) in [5.74, 6) is -0.0788. The lowest BCUT2D eigenvalue weighted by Gasteiger charge is -2.48. The van der Waals surface area contributed by atoms with Gasteiger partial charge in [0.05, 0.1) is 5.41 Å². The molecule has 62 heavy (non-hydrogen) atoms. The van der Waals surface area contributed by atoms with Gasteiger partial charge in [-0.3, -0.25) is 0 Å². The molecule has 0 heterocycles. The van der Waals surface area contributed by atoms with Gasteiger partial charge >= 0.3 is 0 Å². The van der Waals surface area contributed by atoms with Gasteiger partial charge in [0.15, 0.2) is 0 Å². The Morgan fingerprint density at radius 1 is 0.290 bits per heavy atom. The molecule has 0 nitrogen and oxygen atoms in total. The quantitative estimate of drug-likeness (QED) is 0.144. The van der Waals surface area contributed by atoms with Gasteiger partial charge in [0.1, 0.15) is 0 Å². The molecule has 1 aliphatic rings. The smallest absolute Gasteiger partial charge is 0.0566 e. The van der Waals surface area contributed by atoms with Gasteiger partial charge in [-0.2, -0.15) is 0 Å². The Balaban J connectivity index is 1.21. The van der Waals surface area contributed by atoms with E-state index in [1.165, 1.54) is 93.9 Å². The predicted octanol–water partition coefficient (Wildman–Crippen LogP) is 16.1. The van der Waals surface area contributed by atoms with Crippen LogP contribution in [0.3, 0.4) is 0 Å². The van der Waals surface area contributed by atoms with Crippen molar-refractivity contribution in [3.63, 3.8) is 0 Å². The van der Waals surface area contributed by atoms with Crippen molar-refractivity contribution in [1.82, 2.24) is 0 Å². The van der Waals surface area contributed by atoms with Crippen LogP contribution in [-0.4, -0.2) is 0 Å². The number of hydrogen-bond acceptors (Lipinski definition) is 0. The van der Waals surface area contributed by atoms with E-state index >= 15 is 0 Å². The molecule has 0 heteroatoms. The van der Waals surface area contributed by atoms with Gasteiger partial charge in [-0.15, -0.1) is 0 Å². The van der Waals surface area contributed by atoms with Gasteiger partial charge in [0, 0.05) is 5.92 Å². The van der Waals surface area contributed by atoms with Crippen molar-refractivity contribution in [2.24, 2.45) is 0 Å². The first kappa shape index (κ1) is 37.2. The fourth-order valence-corrected chi connectivity index (χ4v) is 10.2. The van der Waals surface area contributed by atoms with Crippen LogP contribution in [-0.2, 0) is 5.41 Å². The summed E-state index contributed by atoms with van der Waals surface area (Å²) in [4.78, 5) is 0. The molecule has 0 bridgehead atoms. The van der Waals surface area contributed by atoms with Crippen LogP contribution >= 0.6 is 0 Å². The lowest BCUT2D eigenvalue weighted by atomic mass is 9.53. The Hall–Kier alpha value is -7.80. The highest BCUT2D eigenvalue weighted by Crippen LogP contribution is 2.61. The minimum Gasteiger partial charge on any atom is -0.0669 e. The van der Waals surface area contributed by atoms with Crippen LogP contribution in [0.2, 0.25) is 0 Å². The zero-order valence-electron chi connectivity index (χ0n) is 34.4. The molecule has 2 atom stereocenters. The Labute approximate surface area is 364 Å². The molecule has 11 rings (SSSR count). The molecule has 10 aromatic rings. The second-order valence-corrected chi connectivity index (χ2v) is 16.3. The molecule has 0 amide bonds. The molecule has 292 valence electrons. The third-order valence-corrected chi connectivity index (χ3v) is 13.0. The molecule has 0 N–H and O–H groups in total. The zero-order valence-corrected chi connectivity index (χ0v) is 34.4. The summed E-state index contributed by atoms with van der Waals surface area (Å²) < 4.78 is 0. The van der Waals surface area contributed by atoms with Crippen molar-refractivity contribution in [2.45, 2.75) is 11.3 Å². The van der Waals surface area contributed by atoms with E-state index in [0.717, 1.165) is 0 Å². The molecule has 0 spiro atoms. The van der Waals surface area contributed by atoms with E-state index in [0.29, 0.717) is 0 Å². The van der Waals surface area contributed by atoms with E-state index in [2.05, 4.69) is 261 Å². The number of fused-ring (bicyclic) bond motifs is 2. The summed E-state index contributed by atoms with van der Waals surface area (Å²) in [7, 11) is 0. The second-order valence-electron chi connectivity index (χ2n) is 16.3. The van der Waals surface area contributed by atoms with Gasteiger partial charge in [-0.25, -0.2) is 0 Å². The maximum absolute atomic E-state index is 2.59. The Morgan fingerprint density at radius 2 is 0.710 bits per heavy atom. The molecular weight excluding hydrogens is 745 g/mol. The van der Waals surface area contributed by atoms with Crippen molar-refractivity contribution < 1.29 is 0 Å². The number of rotatable bonds is 8. The largest absolute Gasteiger partial charge is 0.0669 e. The van der Waals surface area contributed by atoms with E-state index < -0.39 is 5.41 Å². The molecule has 0 saturated heterocycles. The molecule has 10 aromatic carbocycles. The normalized spacial score (nSPS) is 16.3. The van der Waals surface area contributed by atoms with Gasteiger partial charge in [0.2, 0.25) is 0 Å². The van der Waals surface area contributed by atoms with E-state index in [4.69, 9.17) is 0 Å². The summed E-state index contributed by atoms with van der Waals surface area (Å²) in [6.07, 6.45) is 2.59. The lowest BCUT2D eigenvalue weighted by molar-refractivity contribution is 0.587. The summed E-state index contributed by atoms with van der Waals surface area (Å²) in [6.45, 7) is 0. The standard InChI is InChI=1S/C62H44/c1-5-21-49(22-6-1)59-43-58(48-37-35-46(36-38-48)56-33-17-27-44-19-13-15-31-54(44)56)60(50-23-7-2-8-24-50)61(51-25-9-3-10-26-51)62(59,52-29-11-4-12-30-52)53-41-39-47(40-42-53)57-34-18-28-45-20-14-16-32-55(45)57/h1-43,59H. The van der Waals surface area contributed by atoms with Crippen molar-refractivity contribution in [3.8, 4) is 22.3 Å². The first-order valence-electron chi connectivity index (χ1n) is 21.6. The molecule has 0 aliphatic heterocycles. The first-order valence-corrected chi connectivity index (χ1v) is 21.6. The van der Waals surface area contributed by atoms with Crippen LogP contribution in [0.1, 0.15) is 39.3 Å². The topological polar surface area (TPSA) is 0 Å². The number of hydrogen-bond donors (Lipinski definition) is 0. The third kappa shape index (κ3) is 6.40. The fraction of sp³-hybridized carbons (Fsp3) is 0.0323. The van der Waals surface area contributed by atoms with E-state index in [1.54, 1.807) is 0 Å². The maximum Gasteiger partial charge on any atom is 0.0566 e. The van der Waals surface area contributed by atoms with Crippen molar-refractivity contribution in [2.75, 3.05) is 0 Å². The second kappa shape index (κ2) is 16.0. The number of benzene rings is 10.